The van der Waals surface area contributed by atoms with E-state index in [-0.39, 0.29) is 6.42 Å². The van der Waals surface area contributed by atoms with Crippen LogP contribution in [0.1, 0.15) is 27.1 Å². The van der Waals surface area contributed by atoms with Gasteiger partial charge in [0.05, 0.1) is 11.1 Å². The molecular weight excluding hydrogens is 250 g/mol. The number of carboxylic acid groups (broad SMARTS) is 1. The van der Waals surface area contributed by atoms with E-state index in [0.717, 1.165) is 4.90 Å². The number of nitrogens with one attached hydrogen (secondary N) is 2. The summed E-state index contributed by atoms with van der Waals surface area (Å²) in [6.07, 6.45) is -0.505. The predicted octanol–water partition coefficient (Wildman–Crippen LogP) is -0.440. The largest absolute Gasteiger partial charge is 0.480 e. The maximum Gasteiger partial charge on any atom is 0.322 e. The normalized spacial score (nSPS) is 25.8. The van der Waals surface area contributed by atoms with Crippen molar-refractivity contribution in [2.45, 2.75) is 18.6 Å². The summed E-state index contributed by atoms with van der Waals surface area (Å²) in [6.45, 7) is 0. The fourth-order valence-electron chi connectivity index (χ4n) is 2.36. The topological polar surface area (TPSA) is 98.7 Å². The molecule has 0 aromatic heterocycles. The van der Waals surface area contributed by atoms with Gasteiger partial charge in [0.25, 0.3) is 11.8 Å². The summed E-state index contributed by atoms with van der Waals surface area (Å²) in [7, 11) is 0. The van der Waals surface area contributed by atoms with Gasteiger partial charge in [-0.1, -0.05) is 12.1 Å². The molecule has 3 N–H and O–H groups in total. The molecule has 1 saturated heterocycles. The van der Waals surface area contributed by atoms with Crippen molar-refractivity contribution >= 4 is 17.8 Å². The molecular formula is C12H11N3O4. The number of benzene rings is 1. The molecule has 2 heterocycles. The van der Waals surface area contributed by atoms with Crippen molar-refractivity contribution in [1.82, 2.24) is 15.8 Å². The van der Waals surface area contributed by atoms with Crippen molar-refractivity contribution in [1.29, 1.82) is 0 Å². The third-order valence-electron chi connectivity index (χ3n) is 3.32. The van der Waals surface area contributed by atoms with Crippen LogP contribution in [0.2, 0.25) is 0 Å². The van der Waals surface area contributed by atoms with Gasteiger partial charge in [0.1, 0.15) is 12.2 Å². The SMILES string of the molecule is O=C(O)C1CC(N2C(=O)c3ccccc3C2=O)NN1. The molecule has 0 bridgehead atoms. The van der Waals surface area contributed by atoms with E-state index in [2.05, 4.69) is 10.9 Å². The van der Waals surface area contributed by atoms with Gasteiger partial charge in [0, 0.05) is 6.42 Å². The Morgan fingerprint density at radius 1 is 1.16 bits per heavy atom. The standard InChI is InChI=1S/C12H11N3O4/c16-10-6-3-1-2-4-7(6)11(17)15(10)9-5-8(12(18)19)13-14-9/h1-4,8-9,13-14H,5H2,(H,18,19). The fraction of sp³-hybridized carbons (Fsp3) is 0.250. The maximum atomic E-state index is 12.2. The molecule has 7 nitrogen and oxygen atoms in total. The van der Waals surface area contributed by atoms with Gasteiger partial charge in [-0.3, -0.25) is 19.3 Å². The zero-order valence-electron chi connectivity index (χ0n) is 9.79. The lowest BCUT2D eigenvalue weighted by Crippen LogP contribution is -2.47. The number of imide groups is 1. The molecule has 0 aliphatic carbocycles. The summed E-state index contributed by atoms with van der Waals surface area (Å²) in [5.74, 6) is -1.82. The Morgan fingerprint density at radius 3 is 2.21 bits per heavy atom. The first-order valence-corrected chi connectivity index (χ1v) is 5.80. The van der Waals surface area contributed by atoms with E-state index in [9.17, 15) is 14.4 Å². The van der Waals surface area contributed by atoms with E-state index >= 15 is 0 Å². The van der Waals surface area contributed by atoms with Crippen molar-refractivity contribution in [3.8, 4) is 0 Å². The van der Waals surface area contributed by atoms with Crippen molar-refractivity contribution < 1.29 is 19.5 Å². The number of hydrogen-bond donors (Lipinski definition) is 3. The lowest BCUT2D eigenvalue weighted by molar-refractivity contribution is -0.139. The number of carbonyl (C=O) groups is 3. The number of nitrogens with zero attached hydrogens (tertiary/aromatic N) is 1. The molecule has 19 heavy (non-hydrogen) atoms. The van der Waals surface area contributed by atoms with Gasteiger partial charge in [-0.25, -0.2) is 10.9 Å². The number of carboxylic acids is 1. The number of aliphatic carboxylic acids is 1. The van der Waals surface area contributed by atoms with Crippen LogP contribution in [0, 0.1) is 0 Å². The number of rotatable bonds is 2. The lowest BCUT2D eigenvalue weighted by Gasteiger charge is -2.20. The highest BCUT2D eigenvalue weighted by Crippen LogP contribution is 2.26. The van der Waals surface area contributed by atoms with Crippen LogP contribution in [-0.4, -0.2) is 40.0 Å². The molecule has 0 radical (unpaired) electrons. The second kappa shape index (κ2) is 4.15. The van der Waals surface area contributed by atoms with Gasteiger partial charge in [-0.15, -0.1) is 0 Å². The molecule has 2 amide bonds. The molecule has 1 aromatic carbocycles. The minimum Gasteiger partial charge on any atom is -0.480 e. The van der Waals surface area contributed by atoms with Gasteiger partial charge < -0.3 is 5.11 Å². The summed E-state index contributed by atoms with van der Waals surface area (Å²) in [4.78, 5) is 36.2. The highest BCUT2D eigenvalue weighted by molar-refractivity contribution is 6.21. The third kappa shape index (κ3) is 1.71. The van der Waals surface area contributed by atoms with Crippen molar-refractivity contribution in [3.05, 3.63) is 35.4 Å². The van der Waals surface area contributed by atoms with Gasteiger partial charge in [0.2, 0.25) is 0 Å². The van der Waals surface area contributed by atoms with Crippen LogP contribution in [0.15, 0.2) is 24.3 Å². The molecule has 2 aliphatic rings. The van der Waals surface area contributed by atoms with Crippen LogP contribution in [0.25, 0.3) is 0 Å². The average molecular weight is 261 g/mol. The van der Waals surface area contributed by atoms with E-state index in [4.69, 9.17) is 5.11 Å². The zero-order chi connectivity index (χ0) is 13.6. The Hall–Kier alpha value is -2.25. The summed E-state index contributed by atoms with van der Waals surface area (Å²) in [5.41, 5.74) is 5.94. The smallest absolute Gasteiger partial charge is 0.322 e. The summed E-state index contributed by atoms with van der Waals surface area (Å²) in [5, 5.41) is 8.89. The molecule has 2 atom stereocenters. The van der Waals surface area contributed by atoms with E-state index in [1.54, 1.807) is 24.3 Å². The van der Waals surface area contributed by atoms with E-state index in [0.29, 0.717) is 11.1 Å². The molecule has 1 aromatic rings. The summed E-state index contributed by atoms with van der Waals surface area (Å²) >= 11 is 0. The number of carbonyl (C=O) groups excluding carboxylic acids is 2. The minimum absolute atomic E-state index is 0.140. The molecule has 2 aliphatic heterocycles. The van der Waals surface area contributed by atoms with Crippen molar-refractivity contribution in [3.63, 3.8) is 0 Å². The van der Waals surface area contributed by atoms with E-state index in [1.807, 2.05) is 0 Å². The zero-order valence-corrected chi connectivity index (χ0v) is 9.79. The van der Waals surface area contributed by atoms with Crippen LogP contribution < -0.4 is 10.9 Å². The van der Waals surface area contributed by atoms with Gasteiger partial charge in [-0.2, -0.15) is 0 Å². The average Bonchev–Trinajstić information content (AvgIpc) is 2.96. The first-order chi connectivity index (χ1) is 9.09. The second-order valence-electron chi connectivity index (χ2n) is 4.46. The monoisotopic (exact) mass is 261 g/mol. The van der Waals surface area contributed by atoms with Crippen molar-refractivity contribution in [2.75, 3.05) is 0 Å². The quantitative estimate of drug-likeness (QED) is 0.624. The first-order valence-electron chi connectivity index (χ1n) is 5.80. The third-order valence-corrected chi connectivity index (χ3v) is 3.32. The Balaban J connectivity index is 1.87. The molecule has 0 saturated carbocycles. The number of fused-ring (bicyclic) bond motifs is 1. The Kier molecular flexibility index (Phi) is 2.58. The lowest BCUT2D eigenvalue weighted by atomic mass is 10.1. The fourth-order valence-corrected chi connectivity index (χ4v) is 2.36. The predicted molar refractivity (Wildman–Crippen MR) is 63.0 cm³/mol. The van der Waals surface area contributed by atoms with E-state index in [1.165, 1.54) is 0 Å². The first kappa shape index (κ1) is 11.8. The van der Waals surface area contributed by atoms with Gasteiger partial charge in [0.15, 0.2) is 0 Å². The molecule has 3 rings (SSSR count). The number of hydrogen-bond acceptors (Lipinski definition) is 5. The van der Waals surface area contributed by atoms with Gasteiger partial charge >= 0.3 is 5.97 Å². The van der Waals surface area contributed by atoms with Crippen LogP contribution >= 0.6 is 0 Å². The molecule has 2 unspecified atom stereocenters. The summed E-state index contributed by atoms with van der Waals surface area (Å²) in [6, 6.07) is 5.75. The second-order valence-corrected chi connectivity index (χ2v) is 4.46. The number of hydrazine groups is 1. The highest BCUT2D eigenvalue weighted by Gasteiger charge is 2.43. The maximum absolute atomic E-state index is 12.2. The van der Waals surface area contributed by atoms with Crippen LogP contribution in [0.4, 0.5) is 0 Å². The Bertz CT molecular complexity index is 551. The summed E-state index contributed by atoms with van der Waals surface area (Å²) < 4.78 is 0. The molecule has 98 valence electrons. The van der Waals surface area contributed by atoms with Crippen molar-refractivity contribution in [2.24, 2.45) is 0 Å². The van der Waals surface area contributed by atoms with Crippen LogP contribution in [0.5, 0.6) is 0 Å². The molecule has 1 fully saturated rings. The number of amides is 2. The Labute approximate surface area is 108 Å². The van der Waals surface area contributed by atoms with Gasteiger partial charge in [-0.05, 0) is 12.1 Å². The van der Waals surface area contributed by atoms with Crippen LogP contribution in [0.3, 0.4) is 0 Å². The molecule has 0 spiro atoms. The highest BCUT2D eigenvalue weighted by atomic mass is 16.4. The molecule has 7 heteroatoms. The van der Waals surface area contributed by atoms with E-state index < -0.39 is 30.0 Å². The van der Waals surface area contributed by atoms with Crippen LogP contribution in [-0.2, 0) is 4.79 Å². The minimum atomic E-state index is -1.02. The Morgan fingerprint density at radius 2 is 1.74 bits per heavy atom.